The average Bonchev–Trinajstić information content (AvgIpc) is 2.33. The Bertz CT molecular complexity index is 362. The molecule has 1 nitrogen and oxygen atoms in total. The summed E-state index contributed by atoms with van der Waals surface area (Å²) in [5.41, 5.74) is 3.46. The highest BCUT2D eigenvalue weighted by molar-refractivity contribution is 5.71. The molecule has 1 aromatic rings. The Balaban J connectivity index is 0.00000106. The molecular formula is C15H22O. The van der Waals surface area contributed by atoms with Gasteiger partial charge in [-0.05, 0) is 31.0 Å². The predicted octanol–water partition coefficient (Wildman–Crippen LogP) is 4.71. The number of hydrogen-bond acceptors (Lipinski definition) is 1. The second-order valence-electron chi connectivity index (χ2n) is 3.12. The van der Waals surface area contributed by atoms with Crippen LogP contribution in [0.4, 0.5) is 0 Å². The van der Waals surface area contributed by atoms with Crippen molar-refractivity contribution in [3.63, 3.8) is 0 Å². The first-order valence-electron chi connectivity index (χ1n) is 5.67. The Labute approximate surface area is 99.5 Å². The lowest BCUT2D eigenvalue weighted by atomic mass is 10.0. The number of rotatable bonds is 3. The summed E-state index contributed by atoms with van der Waals surface area (Å²) < 4.78 is 5.30. The van der Waals surface area contributed by atoms with Crippen LogP contribution in [0.5, 0.6) is 5.75 Å². The first-order valence-corrected chi connectivity index (χ1v) is 5.67. The number of allylic oxidation sites excluding steroid dienone is 1. The lowest BCUT2D eigenvalue weighted by molar-refractivity contribution is 0.413. The minimum Gasteiger partial charge on any atom is -0.496 e. The van der Waals surface area contributed by atoms with Gasteiger partial charge >= 0.3 is 0 Å². The van der Waals surface area contributed by atoms with Crippen molar-refractivity contribution in [2.45, 2.75) is 27.7 Å². The molecule has 0 amide bonds. The van der Waals surface area contributed by atoms with Gasteiger partial charge in [-0.2, -0.15) is 0 Å². The van der Waals surface area contributed by atoms with E-state index in [4.69, 9.17) is 4.74 Å². The van der Waals surface area contributed by atoms with Crippen molar-refractivity contribution >= 4 is 12.2 Å². The molecule has 1 aromatic carbocycles. The molecule has 1 heteroatoms. The van der Waals surface area contributed by atoms with Gasteiger partial charge in [0.05, 0.1) is 7.11 Å². The lowest BCUT2D eigenvalue weighted by Crippen LogP contribution is -1.92. The Kier molecular flexibility index (Phi) is 7.02. The van der Waals surface area contributed by atoms with Crippen LogP contribution in [0.25, 0.3) is 12.2 Å². The van der Waals surface area contributed by atoms with Gasteiger partial charge in [0, 0.05) is 5.56 Å². The van der Waals surface area contributed by atoms with Crippen molar-refractivity contribution in [1.82, 2.24) is 0 Å². The number of aryl methyl sites for hydroxylation is 1. The van der Waals surface area contributed by atoms with E-state index in [2.05, 4.69) is 13.5 Å². The molecule has 0 aliphatic heterocycles. The maximum atomic E-state index is 5.30. The smallest absolute Gasteiger partial charge is 0.126 e. The number of benzene rings is 1. The summed E-state index contributed by atoms with van der Waals surface area (Å²) in [5.74, 6) is 0.892. The van der Waals surface area contributed by atoms with E-state index in [1.807, 2.05) is 51.1 Å². The third-order valence-electron chi connectivity index (χ3n) is 2.22. The Morgan fingerprint density at radius 1 is 1.19 bits per heavy atom. The quantitative estimate of drug-likeness (QED) is 0.714. The Morgan fingerprint density at radius 3 is 2.25 bits per heavy atom. The van der Waals surface area contributed by atoms with Crippen LogP contribution in [0.15, 0.2) is 24.8 Å². The zero-order chi connectivity index (χ0) is 12.6. The minimum atomic E-state index is 0.892. The molecule has 0 radical (unpaired) electrons. The molecule has 0 fully saturated rings. The maximum Gasteiger partial charge on any atom is 0.126 e. The van der Waals surface area contributed by atoms with Crippen molar-refractivity contribution in [3.8, 4) is 5.75 Å². The van der Waals surface area contributed by atoms with Gasteiger partial charge in [0.25, 0.3) is 0 Å². The van der Waals surface area contributed by atoms with Gasteiger partial charge in [0.1, 0.15) is 5.75 Å². The van der Waals surface area contributed by atoms with Gasteiger partial charge in [-0.3, -0.25) is 0 Å². The van der Waals surface area contributed by atoms with Crippen LogP contribution in [-0.2, 0) is 0 Å². The molecule has 0 bridgehead atoms. The van der Waals surface area contributed by atoms with Crippen LogP contribution in [0, 0.1) is 6.92 Å². The van der Waals surface area contributed by atoms with Crippen LogP contribution >= 0.6 is 0 Å². The fourth-order valence-electron chi connectivity index (χ4n) is 1.51. The minimum absolute atomic E-state index is 0.892. The normalized spacial score (nSPS) is 9.56. The fraction of sp³-hybridized carbons (Fsp3) is 0.333. The molecule has 1 rings (SSSR count). The number of hydrogen-bond donors (Lipinski definition) is 0. The van der Waals surface area contributed by atoms with Crippen LogP contribution in [0.2, 0.25) is 0 Å². The largest absolute Gasteiger partial charge is 0.496 e. The van der Waals surface area contributed by atoms with Gasteiger partial charge in [0.15, 0.2) is 0 Å². The average molecular weight is 218 g/mol. The molecule has 0 heterocycles. The summed E-state index contributed by atoms with van der Waals surface area (Å²) in [6.07, 6.45) is 5.92. The first kappa shape index (κ1) is 14.5. The van der Waals surface area contributed by atoms with Gasteiger partial charge in [0.2, 0.25) is 0 Å². The molecule has 0 atom stereocenters. The highest BCUT2D eigenvalue weighted by Crippen LogP contribution is 2.27. The molecule has 0 N–H and O–H groups in total. The first-order chi connectivity index (χ1) is 7.74. The third-order valence-corrected chi connectivity index (χ3v) is 2.22. The second-order valence-corrected chi connectivity index (χ2v) is 3.12. The van der Waals surface area contributed by atoms with E-state index in [9.17, 15) is 0 Å². The summed E-state index contributed by atoms with van der Waals surface area (Å²) in [6.45, 7) is 11.9. The number of methoxy groups -OCH3 is 1. The van der Waals surface area contributed by atoms with E-state index in [0.29, 0.717) is 0 Å². The summed E-state index contributed by atoms with van der Waals surface area (Å²) in [5, 5.41) is 0. The second kappa shape index (κ2) is 7.75. The Hall–Kier alpha value is -1.50. The molecule has 0 saturated heterocycles. The van der Waals surface area contributed by atoms with E-state index < -0.39 is 0 Å². The zero-order valence-corrected chi connectivity index (χ0v) is 11.0. The third kappa shape index (κ3) is 3.27. The van der Waals surface area contributed by atoms with Gasteiger partial charge in [-0.1, -0.05) is 44.7 Å². The predicted molar refractivity (Wildman–Crippen MR) is 73.9 cm³/mol. The van der Waals surface area contributed by atoms with Crippen molar-refractivity contribution < 1.29 is 4.74 Å². The van der Waals surface area contributed by atoms with Crippen molar-refractivity contribution in [2.75, 3.05) is 7.11 Å². The van der Waals surface area contributed by atoms with Crippen molar-refractivity contribution in [3.05, 3.63) is 41.5 Å². The van der Waals surface area contributed by atoms with E-state index in [1.54, 1.807) is 7.11 Å². The summed E-state index contributed by atoms with van der Waals surface area (Å²) >= 11 is 0. The SMILES string of the molecule is C=Cc1c(C)ccc(OC)c1/C=C\C.CC. The fourth-order valence-corrected chi connectivity index (χ4v) is 1.51. The topological polar surface area (TPSA) is 9.23 Å². The molecule has 0 unspecified atom stereocenters. The van der Waals surface area contributed by atoms with Crippen LogP contribution < -0.4 is 4.74 Å². The molecule has 0 spiro atoms. The summed E-state index contributed by atoms with van der Waals surface area (Å²) in [7, 11) is 1.69. The molecule has 0 aromatic heterocycles. The van der Waals surface area contributed by atoms with Gasteiger partial charge in [-0.25, -0.2) is 0 Å². The molecule has 16 heavy (non-hydrogen) atoms. The van der Waals surface area contributed by atoms with E-state index in [1.165, 1.54) is 5.56 Å². The lowest BCUT2D eigenvalue weighted by Gasteiger charge is -2.10. The highest BCUT2D eigenvalue weighted by Gasteiger charge is 2.05. The molecule has 0 aliphatic rings. The standard InChI is InChI=1S/C13H16O.C2H6/c1-5-7-12-11(6-2)10(3)8-9-13(12)14-4;1-2/h5-9H,2H2,1,3-4H3;1-2H3/b7-5-;. The van der Waals surface area contributed by atoms with Gasteiger partial charge in [-0.15, -0.1) is 0 Å². The van der Waals surface area contributed by atoms with Crippen molar-refractivity contribution in [1.29, 1.82) is 0 Å². The van der Waals surface area contributed by atoms with Crippen LogP contribution in [-0.4, -0.2) is 7.11 Å². The zero-order valence-electron chi connectivity index (χ0n) is 11.0. The van der Waals surface area contributed by atoms with E-state index >= 15 is 0 Å². The summed E-state index contributed by atoms with van der Waals surface area (Å²) in [6, 6.07) is 4.03. The monoisotopic (exact) mass is 218 g/mol. The molecule has 0 saturated carbocycles. The molecule has 0 aliphatic carbocycles. The Morgan fingerprint density at radius 2 is 1.81 bits per heavy atom. The van der Waals surface area contributed by atoms with E-state index in [-0.39, 0.29) is 0 Å². The van der Waals surface area contributed by atoms with E-state index in [0.717, 1.165) is 16.9 Å². The maximum absolute atomic E-state index is 5.30. The van der Waals surface area contributed by atoms with Crippen LogP contribution in [0.1, 0.15) is 37.5 Å². The number of ether oxygens (including phenoxy) is 1. The van der Waals surface area contributed by atoms with Crippen LogP contribution in [0.3, 0.4) is 0 Å². The highest BCUT2D eigenvalue weighted by atomic mass is 16.5. The van der Waals surface area contributed by atoms with Gasteiger partial charge < -0.3 is 4.74 Å². The van der Waals surface area contributed by atoms with Crippen molar-refractivity contribution in [2.24, 2.45) is 0 Å². The molecule has 88 valence electrons. The molecular weight excluding hydrogens is 196 g/mol. The summed E-state index contributed by atoms with van der Waals surface area (Å²) in [4.78, 5) is 0.